The van der Waals surface area contributed by atoms with Gasteiger partial charge in [-0.05, 0) is 37.5 Å². The molecule has 0 atom stereocenters. The number of carbonyl (C=O) groups is 1. The molecule has 1 heterocycles. The molecule has 1 amide bonds. The number of nitrogens with one attached hydrogen (secondary N) is 2. The maximum Gasteiger partial charge on any atom is 0.422 e. The van der Waals surface area contributed by atoms with Crippen LogP contribution in [0.1, 0.15) is 25.3 Å². The van der Waals surface area contributed by atoms with E-state index in [1.165, 1.54) is 12.1 Å². The fraction of sp³-hybridized carbons (Fsp3) is 0.579. The molecule has 1 fully saturated rings. The van der Waals surface area contributed by atoms with Crippen LogP contribution in [0.5, 0.6) is 5.75 Å². The van der Waals surface area contributed by atoms with Gasteiger partial charge >= 0.3 is 12.3 Å². The number of piperidine rings is 1. The predicted octanol–water partition coefficient (Wildman–Crippen LogP) is 3.53. The van der Waals surface area contributed by atoms with Crippen LogP contribution in [0.25, 0.3) is 0 Å². The van der Waals surface area contributed by atoms with Crippen LogP contribution in [0, 0.1) is 0 Å². The molecule has 1 aromatic carbocycles. The number of nitrogens with zero attached hydrogens (tertiary/aromatic N) is 2. The second-order valence-electron chi connectivity index (χ2n) is 6.58. The summed E-state index contributed by atoms with van der Waals surface area (Å²) in [4.78, 5) is 17.6. The predicted molar refractivity (Wildman–Crippen MR) is 118 cm³/mol. The molecule has 0 aromatic heterocycles. The molecule has 1 aromatic rings. The van der Waals surface area contributed by atoms with E-state index < -0.39 is 12.8 Å². The van der Waals surface area contributed by atoms with Crippen molar-refractivity contribution in [1.29, 1.82) is 0 Å². The highest BCUT2D eigenvalue weighted by Crippen LogP contribution is 2.19. The summed E-state index contributed by atoms with van der Waals surface area (Å²) in [6.07, 6.45) is -3.07. The van der Waals surface area contributed by atoms with Crippen LogP contribution in [0.15, 0.2) is 29.3 Å². The molecule has 2 N–H and O–H groups in total. The fourth-order valence-electron chi connectivity index (χ4n) is 2.86. The summed E-state index contributed by atoms with van der Waals surface area (Å²) >= 11 is 0. The number of hydrogen-bond acceptors (Lipinski definition) is 4. The lowest BCUT2D eigenvalue weighted by molar-refractivity contribution is -0.153. The second kappa shape index (κ2) is 12.7. The highest BCUT2D eigenvalue weighted by atomic mass is 127. The third-order valence-corrected chi connectivity index (χ3v) is 4.37. The maximum atomic E-state index is 12.2. The molecule has 0 spiro atoms. The van der Waals surface area contributed by atoms with Gasteiger partial charge in [0.25, 0.3) is 0 Å². The summed E-state index contributed by atoms with van der Waals surface area (Å²) in [5.41, 5.74) is 0.879. The summed E-state index contributed by atoms with van der Waals surface area (Å²) in [5.74, 6) is 0.791. The molecular weight excluding hydrogens is 516 g/mol. The number of halogens is 4. The number of likely N-dealkylation sites (tertiary alicyclic amines) is 1. The van der Waals surface area contributed by atoms with Crippen molar-refractivity contribution in [2.45, 2.75) is 38.5 Å². The van der Waals surface area contributed by atoms with E-state index in [4.69, 9.17) is 9.47 Å². The highest BCUT2D eigenvalue weighted by Gasteiger charge is 2.28. The number of ether oxygens (including phenoxy) is 2. The lowest BCUT2D eigenvalue weighted by atomic mass is 10.1. The minimum absolute atomic E-state index is 0. The van der Waals surface area contributed by atoms with Crippen molar-refractivity contribution in [3.8, 4) is 5.75 Å². The molecular formula is C19H28F3IN4O3. The Labute approximate surface area is 191 Å². The maximum absolute atomic E-state index is 12.2. The number of benzene rings is 1. The molecule has 0 radical (unpaired) electrons. The molecule has 11 heteroatoms. The van der Waals surface area contributed by atoms with Gasteiger partial charge in [0.15, 0.2) is 12.6 Å². The first kappa shape index (κ1) is 26.1. The average Bonchev–Trinajstić information content (AvgIpc) is 2.70. The molecule has 0 unspecified atom stereocenters. The molecule has 1 aliphatic rings. The van der Waals surface area contributed by atoms with Crippen LogP contribution in [0.2, 0.25) is 0 Å². The monoisotopic (exact) mass is 544 g/mol. The lowest BCUT2D eigenvalue weighted by Crippen LogP contribution is -2.49. The largest absolute Gasteiger partial charge is 0.484 e. The third kappa shape index (κ3) is 9.26. The van der Waals surface area contributed by atoms with Crippen molar-refractivity contribution in [3.63, 3.8) is 0 Å². The fourth-order valence-corrected chi connectivity index (χ4v) is 2.86. The number of rotatable bonds is 6. The van der Waals surface area contributed by atoms with Crippen molar-refractivity contribution in [3.05, 3.63) is 29.8 Å². The number of alkyl halides is 3. The van der Waals surface area contributed by atoms with Crippen molar-refractivity contribution in [2.75, 3.05) is 33.4 Å². The summed E-state index contributed by atoms with van der Waals surface area (Å²) in [6.45, 7) is 2.53. The standard InChI is InChI=1S/C19H27F3N4O3.HI/c1-3-28-18(27)26-10-8-15(9-11-26)25-17(23-2)24-12-14-4-6-16(7-5-14)29-13-19(20,21)22;/h4-7,15H,3,8-13H2,1-2H3,(H2,23,24,25);1H. The highest BCUT2D eigenvalue weighted by molar-refractivity contribution is 14.0. The molecule has 1 saturated heterocycles. The Bertz CT molecular complexity index is 679. The van der Waals surface area contributed by atoms with E-state index in [0.29, 0.717) is 32.2 Å². The minimum Gasteiger partial charge on any atom is -0.484 e. The van der Waals surface area contributed by atoms with Crippen LogP contribution in [0.4, 0.5) is 18.0 Å². The first-order valence-electron chi connectivity index (χ1n) is 9.48. The Hall–Kier alpha value is -1.92. The summed E-state index contributed by atoms with van der Waals surface area (Å²) < 4.78 is 46.2. The van der Waals surface area contributed by atoms with Gasteiger partial charge in [0.2, 0.25) is 0 Å². The number of amides is 1. The van der Waals surface area contributed by atoms with Gasteiger partial charge in [-0.15, -0.1) is 24.0 Å². The van der Waals surface area contributed by atoms with Crippen LogP contribution < -0.4 is 15.4 Å². The minimum atomic E-state index is -4.36. The van der Waals surface area contributed by atoms with Gasteiger partial charge < -0.3 is 25.0 Å². The zero-order valence-corrected chi connectivity index (χ0v) is 19.3. The van der Waals surface area contributed by atoms with Crippen LogP contribution in [-0.2, 0) is 11.3 Å². The average molecular weight is 544 g/mol. The van der Waals surface area contributed by atoms with Gasteiger partial charge in [0.1, 0.15) is 5.75 Å². The molecule has 0 bridgehead atoms. The van der Waals surface area contributed by atoms with E-state index in [1.807, 2.05) is 0 Å². The van der Waals surface area contributed by atoms with E-state index in [2.05, 4.69) is 15.6 Å². The second-order valence-corrected chi connectivity index (χ2v) is 6.58. The molecule has 7 nitrogen and oxygen atoms in total. The first-order valence-corrected chi connectivity index (χ1v) is 9.48. The zero-order valence-electron chi connectivity index (χ0n) is 17.0. The lowest BCUT2D eigenvalue weighted by Gasteiger charge is -2.32. The van der Waals surface area contributed by atoms with Crippen LogP contribution in [0.3, 0.4) is 0 Å². The molecule has 170 valence electrons. The van der Waals surface area contributed by atoms with E-state index in [-0.39, 0.29) is 41.9 Å². The first-order chi connectivity index (χ1) is 13.8. The van der Waals surface area contributed by atoms with E-state index in [1.54, 1.807) is 31.0 Å². The van der Waals surface area contributed by atoms with Crippen LogP contribution in [-0.4, -0.2) is 62.5 Å². The molecule has 0 aliphatic carbocycles. The summed E-state index contributed by atoms with van der Waals surface area (Å²) in [5, 5.41) is 6.50. The topological polar surface area (TPSA) is 75.2 Å². The van der Waals surface area contributed by atoms with Gasteiger partial charge in [-0.2, -0.15) is 13.2 Å². The molecule has 2 rings (SSSR count). The van der Waals surface area contributed by atoms with Gasteiger partial charge in [0.05, 0.1) is 6.61 Å². The Balaban J connectivity index is 0.00000450. The molecule has 1 aliphatic heterocycles. The van der Waals surface area contributed by atoms with E-state index >= 15 is 0 Å². The van der Waals surface area contributed by atoms with Gasteiger partial charge in [-0.1, -0.05) is 12.1 Å². The Morgan fingerprint density at radius 3 is 2.40 bits per heavy atom. The van der Waals surface area contributed by atoms with Crippen molar-refractivity contribution in [1.82, 2.24) is 15.5 Å². The SMILES string of the molecule is CCOC(=O)N1CCC(NC(=NC)NCc2ccc(OCC(F)(F)F)cc2)CC1.I. The smallest absolute Gasteiger partial charge is 0.422 e. The summed E-state index contributed by atoms with van der Waals surface area (Å²) in [6, 6.07) is 6.59. The third-order valence-electron chi connectivity index (χ3n) is 4.37. The van der Waals surface area contributed by atoms with E-state index in [0.717, 1.165) is 18.4 Å². The van der Waals surface area contributed by atoms with Crippen molar-refractivity contribution >= 4 is 36.0 Å². The van der Waals surface area contributed by atoms with Gasteiger partial charge in [-0.25, -0.2) is 4.79 Å². The van der Waals surface area contributed by atoms with Crippen LogP contribution >= 0.6 is 24.0 Å². The number of carbonyl (C=O) groups excluding carboxylic acids is 1. The number of guanidine groups is 1. The molecule has 30 heavy (non-hydrogen) atoms. The Morgan fingerprint density at radius 1 is 1.23 bits per heavy atom. The quantitative estimate of drug-likeness (QED) is 0.326. The summed E-state index contributed by atoms with van der Waals surface area (Å²) in [7, 11) is 1.66. The normalized spacial score (nSPS) is 15.2. The van der Waals surface area contributed by atoms with Crippen molar-refractivity contribution < 1.29 is 27.4 Å². The molecule has 0 saturated carbocycles. The van der Waals surface area contributed by atoms with E-state index in [9.17, 15) is 18.0 Å². The number of aliphatic imine (C=N–C) groups is 1. The van der Waals surface area contributed by atoms with Gasteiger partial charge in [0, 0.05) is 32.7 Å². The Morgan fingerprint density at radius 2 is 1.87 bits per heavy atom. The zero-order chi connectivity index (χ0) is 21.3. The van der Waals surface area contributed by atoms with Crippen molar-refractivity contribution in [2.24, 2.45) is 4.99 Å². The number of hydrogen-bond donors (Lipinski definition) is 2. The Kier molecular flexibility index (Phi) is 11.1. The van der Waals surface area contributed by atoms with Gasteiger partial charge in [-0.3, -0.25) is 4.99 Å².